The third kappa shape index (κ3) is 2.70. The minimum absolute atomic E-state index is 0.0232. The molecular weight excluding hydrogens is 304 g/mol. The van der Waals surface area contributed by atoms with Gasteiger partial charge >= 0.3 is 0 Å². The van der Waals surface area contributed by atoms with Gasteiger partial charge in [-0.15, -0.1) is 0 Å². The summed E-state index contributed by atoms with van der Waals surface area (Å²) in [6.07, 6.45) is 4.97. The van der Waals surface area contributed by atoms with Gasteiger partial charge in [0, 0.05) is 11.6 Å². The van der Waals surface area contributed by atoms with E-state index >= 15 is 0 Å². The monoisotopic (exact) mass is 330 g/mol. The molecule has 2 heterocycles. The van der Waals surface area contributed by atoms with E-state index in [0.29, 0.717) is 12.1 Å². The van der Waals surface area contributed by atoms with Crippen molar-refractivity contribution >= 4 is 17.1 Å². The maximum absolute atomic E-state index is 6.20. The maximum atomic E-state index is 6.20. The topological polar surface area (TPSA) is 56.5 Å². The lowest BCUT2D eigenvalue weighted by Crippen LogP contribution is -2.31. The standard InChI is InChI=1S/C19H26N2O3/c1-12-18(2,3)24-19(4,23-12)13-9-10-16-15(11-13)21-17(22-16)20-14-7-5-6-8-14/h9-12,14H,5-8H2,1-4H3,(H,20,21). The molecule has 1 aliphatic heterocycles. The Bertz CT molecular complexity index is 748. The van der Waals surface area contributed by atoms with E-state index in [2.05, 4.69) is 24.1 Å². The number of fused-ring (bicyclic) bond motifs is 1. The van der Waals surface area contributed by atoms with Gasteiger partial charge in [0.1, 0.15) is 5.52 Å². The highest BCUT2D eigenvalue weighted by molar-refractivity contribution is 5.75. The third-order valence-electron chi connectivity index (χ3n) is 5.43. The zero-order chi connectivity index (χ0) is 16.9. The van der Waals surface area contributed by atoms with E-state index in [4.69, 9.17) is 13.9 Å². The van der Waals surface area contributed by atoms with Crippen LogP contribution in [0.2, 0.25) is 0 Å². The second-order valence-electron chi connectivity index (χ2n) is 7.74. The first kappa shape index (κ1) is 15.9. The molecule has 4 rings (SSSR count). The smallest absolute Gasteiger partial charge is 0.295 e. The van der Waals surface area contributed by atoms with Crippen molar-refractivity contribution in [3.63, 3.8) is 0 Å². The second kappa shape index (κ2) is 5.46. The molecule has 0 radical (unpaired) electrons. The van der Waals surface area contributed by atoms with Crippen molar-refractivity contribution in [3.8, 4) is 0 Å². The quantitative estimate of drug-likeness (QED) is 0.893. The third-order valence-corrected chi connectivity index (χ3v) is 5.43. The summed E-state index contributed by atoms with van der Waals surface area (Å²) in [5, 5.41) is 3.41. The van der Waals surface area contributed by atoms with E-state index in [1.165, 1.54) is 25.7 Å². The average Bonchev–Trinajstić information content (AvgIpc) is 3.18. The number of oxazole rings is 1. The summed E-state index contributed by atoms with van der Waals surface area (Å²) in [7, 11) is 0. The van der Waals surface area contributed by atoms with Gasteiger partial charge in [-0.05, 0) is 58.7 Å². The van der Waals surface area contributed by atoms with Gasteiger partial charge in [-0.1, -0.05) is 12.8 Å². The van der Waals surface area contributed by atoms with Crippen LogP contribution in [0.4, 0.5) is 6.01 Å². The van der Waals surface area contributed by atoms with Gasteiger partial charge in [0.25, 0.3) is 6.01 Å². The van der Waals surface area contributed by atoms with Crippen molar-refractivity contribution in [2.75, 3.05) is 5.32 Å². The molecule has 2 atom stereocenters. The fourth-order valence-electron chi connectivity index (χ4n) is 3.73. The molecular formula is C19H26N2O3. The molecule has 5 heteroatoms. The van der Waals surface area contributed by atoms with Crippen LogP contribution in [0, 0.1) is 0 Å². The van der Waals surface area contributed by atoms with Gasteiger partial charge in [-0.25, -0.2) is 0 Å². The summed E-state index contributed by atoms with van der Waals surface area (Å²) in [6, 6.07) is 7.05. The fourth-order valence-corrected chi connectivity index (χ4v) is 3.73. The Morgan fingerprint density at radius 3 is 2.58 bits per heavy atom. The summed E-state index contributed by atoms with van der Waals surface area (Å²) in [5.41, 5.74) is 2.27. The largest absolute Gasteiger partial charge is 0.424 e. The Morgan fingerprint density at radius 2 is 1.92 bits per heavy atom. The van der Waals surface area contributed by atoms with Crippen LogP contribution in [0.15, 0.2) is 22.6 Å². The number of nitrogens with zero attached hydrogens (tertiary/aromatic N) is 1. The Balaban J connectivity index is 1.61. The number of anilines is 1. The highest BCUT2D eigenvalue weighted by atomic mass is 16.8. The summed E-state index contributed by atoms with van der Waals surface area (Å²) in [5.74, 6) is -0.755. The normalized spacial score (nSPS) is 30.2. The van der Waals surface area contributed by atoms with Crippen LogP contribution < -0.4 is 5.32 Å². The molecule has 2 fully saturated rings. The van der Waals surface area contributed by atoms with Crippen molar-refractivity contribution in [2.24, 2.45) is 0 Å². The first-order valence-corrected chi connectivity index (χ1v) is 8.91. The highest BCUT2D eigenvalue weighted by Gasteiger charge is 2.48. The van der Waals surface area contributed by atoms with Crippen molar-refractivity contribution in [2.45, 2.75) is 76.9 Å². The van der Waals surface area contributed by atoms with E-state index in [1.807, 2.05) is 32.0 Å². The van der Waals surface area contributed by atoms with Crippen LogP contribution in [0.1, 0.15) is 58.9 Å². The maximum Gasteiger partial charge on any atom is 0.295 e. The van der Waals surface area contributed by atoms with Crippen LogP contribution in [0.25, 0.3) is 11.1 Å². The molecule has 0 amide bonds. The number of ether oxygens (including phenoxy) is 2. The lowest BCUT2D eigenvalue weighted by molar-refractivity contribution is -0.179. The zero-order valence-electron chi connectivity index (χ0n) is 14.9. The van der Waals surface area contributed by atoms with Crippen LogP contribution in [0.3, 0.4) is 0 Å². The van der Waals surface area contributed by atoms with Crippen molar-refractivity contribution < 1.29 is 13.9 Å². The summed E-state index contributed by atoms with van der Waals surface area (Å²) in [6.45, 7) is 8.13. The highest BCUT2D eigenvalue weighted by Crippen LogP contribution is 2.43. The fraction of sp³-hybridized carbons (Fsp3) is 0.632. The predicted octanol–water partition coefficient (Wildman–Crippen LogP) is 4.57. The van der Waals surface area contributed by atoms with E-state index in [0.717, 1.165) is 16.7 Å². The molecule has 2 aliphatic rings. The van der Waals surface area contributed by atoms with E-state index in [9.17, 15) is 0 Å². The Kier molecular flexibility index (Phi) is 3.62. The molecule has 130 valence electrons. The molecule has 2 aromatic rings. The Labute approximate surface area is 142 Å². The van der Waals surface area contributed by atoms with Crippen molar-refractivity contribution in [1.82, 2.24) is 4.98 Å². The SMILES string of the molecule is CC1OC(C)(c2ccc3oc(NC4CCCC4)nc3c2)OC1(C)C. The minimum atomic E-state index is -0.755. The summed E-state index contributed by atoms with van der Waals surface area (Å²) < 4.78 is 18.2. The van der Waals surface area contributed by atoms with Crippen LogP contribution in [-0.4, -0.2) is 22.7 Å². The molecule has 1 saturated carbocycles. The van der Waals surface area contributed by atoms with E-state index in [1.54, 1.807) is 0 Å². The predicted molar refractivity (Wildman–Crippen MR) is 93.0 cm³/mol. The van der Waals surface area contributed by atoms with Crippen LogP contribution >= 0.6 is 0 Å². The van der Waals surface area contributed by atoms with Gasteiger partial charge in [0.2, 0.25) is 0 Å². The molecule has 1 saturated heterocycles. The number of nitrogens with one attached hydrogen (secondary N) is 1. The van der Waals surface area contributed by atoms with Crippen molar-refractivity contribution in [1.29, 1.82) is 0 Å². The van der Waals surface area contributed by atoms with Gasteiger partial charge < -0.3 is 19.2 Å². The number of hydrogen-bond donors (Lipinski definition) is 1. The van der Waals surface area contributed by atoms with Gasteiger partial charge in [-0.2, -0.15) is 4.98 Å². The van der Waals surface area contributed by atoms with Crippen LogP contribution in [0.5, 0.6) is 0 Å². The zero-order valence-corrected chi connectivity index (χ0v) is 14.9. The van der Waals surface area contributed by atoms with Gasteiger partial charge in [0.15, 0.2) is 11.4 Å². The number of hydrogen-bond acceptors (Lipinski definition) is 5. The number of benzene rings is 1. The Morgan fingerprint density at radius 1 is 1.17 bits per heavy atom. The average molecular weight is 330 g/mol. The molecule has 1 N–H and O–H groups in total. The van der Waals surface area contributed by atoms with Crippen LogP contribution in [-0.2, 0) is 15.3 Å². The molecule has 24 heavy (non-hydrogen) atoms. The van der Waals surface area contributed by atoms with E-state index < -0.39 is 5.79 Å². The van der Waals surface area contributed by atoms with E-state index in [-0.39, 0.29) is 11.7 Å². The molecule has 5 nitrogen and oxygen atoms in total. The molecule has 1 aliphatic carbocycles. The molecule has 2 unspecified atom stereocenters. The number of aromatic nitrogens is 1. The second-order valence-corrected chi connectivity index (χ2v) is 7.74. The van der Waals surface area contributed by atoms with Crippen molar-refractivity contribution in [3.05, 3.63) is 23.8 Å². The first-order valence-electron chi connectivity index (χ1n) is 8.91. The van der Waals surface area contributed by atoms with Gasteiger partial charge in [-0.3, -0.25) is 0 Å². The lowest BCUT2D eigenvalue weighted by atomic mass is 10.0. The molecule has 0 spiro atoms. The summed E-state index contributed by atoms with van der Waals surface area (Å²) in [4.78, 5) is 4.61. The van der Waals surface area contributed by atoms with Gasteiger partial charge in [0.05, 0.1) is 11.7 Å². The number of rotatable bonds is 3. The first-order chi connectivity index (χ1) is 11.4. The Hall–Kier alpha value is -1.59. The lowest BCUT2D eigenvalue weighted by Gasteiger charge is -2.25. The molecule has 0 bridgehead atoms. The minimum Gasteiger partial charge on any atom is -0.424 e. The summed E-state index contributed by atoms with van der Waals surface area (Å²) >= 11 is 0. The molecule has 1 aromatic heterocycles. The molecule has 1 aromatic carbocycles.